The Balaban J connectivity index is 1.56. The third-order valence-electron chi connectivity index (χ3n) is 5.10. The van der Waals surface area contributed by atoms with E-state index in [9.17, 15) is 9.59 Å². The van der Waals surface area contributed by atoms with Crippen molar-refractivity contribution in [2.75, 3.05) is 18.8 Å². The van der Waals surface area contributed by atoms with Crippen molar-refractivity contribution >= 4 is 23.7 Å². The average Bonchev–Trinajstić information content (AvgIpc) is 3.46. The SMILES string of the molecule is CC(C)(C)c1ccc(-c2nnc(SCCN3C(=O)CNC3=O)n2Cc2ccco2)cc1. The second-order valence-electron chi connectivity index (χ2n) is 8.35. The van der Waals surface area contributed by atoms with Gasteiger partial charge in [-0.3, -0.25) is 14.3 Å². The van der Waals surface area contributed by atoms with Gasteiger partial charge in [0.2, 0.25) is 5.91 Å². The molecule has 0 spiro atoms. The van der Waals surface area contributed by atoms with Crippen LogP contribution in [0, 0.1) is 0 Å². The standard InChI is InChI=1S/C22H25N5O3S/c1-22(2,3)16-8-6-15(7-9-16)19-24-25-21(27(19)14-17-5-4-11-30-17)31-12-10-26-18(28)13-23-20(26)29/h4-9,11H,10,12-14H2,1-3H3,(H,23,29). The van der Waals surface area contributed by atoms with E-state index in [2.05, 4.69) is 60.6 Å². The molecular formula is C22H25N5O3S. The molecular weight excluding hydrogens is 414 g/mol. The lowest BCUT2D eigenvalue weighted by Crippen LogP contribution is -2.32. The van der Waals surface area contributed by atoms with Gasteiger partial charge in [0.1, 0.15) is 5.76 Å². The van der Waals surface area contributed by atoms with Gasteiger partial charge in [0.25, 0.3) is 0 Å². The molecule has 0 unspecified atom stereocenters. The maximum Gasteiger partial charge on any atom is 0.324 e. The van der Waals surface area contributed by atoms with E-state index in [4.69, 9.17) is 4.42 Å². The molecule has 162 valence electrons. The monoisotopic (exact) mass is 439 g/mol. The third kappa shape index (κ3) is 4.66. The highest BCUT2D eigenvalue weighted by Crippen LogP contribution is 2.28. The minimum absolute atomic E-state index is 0.0624. The van der Waals surface area contributed by atoms with Crippen molar-refractivity contribution in [1.29, 1.82) is 0 Å². The normalized spacial score (nSPS) is 14.4. The second kappa shape index (κ2) is 8.58. The summed E-state index contributed by atoms with van der Waals surface area (Å²) in [6.45, 7) is 7.41. The zero-order chi connectivity index (χ0) is 22.0. The van der Waals surface area contributed by atoms with Gasteiger partial charge in [-0.1, -0.05) is 56.8 Å². The quantitative estimate of drug-likeness (QED) is 0.447. The van der Waals surface area contributed by atoms with Gasteiger partial charge in [-0.2, -0.15) is 0 Å². The number of nitrogens with one attached hydrogen (secondary N) is 1. The van der Waals surface area contributed by atoms with E-state index in [1.54, 1.807) is 6.26 Å². The van der Waals surface area contributed by atoms with Crippen LogP contribution in [0.5, 0.6) is 0 Å². The van der Waals surface area contributed by atoms with E-state index in [1.165, 1.54) is 22.2 Å². The predicted molar refractivity (Wildman–Crippen MR) is 118 cm³/mol. The number of aromatic nitrogens is 3. The summed E-state index contributed by atoms with van der Waals surface area (Å²) in [5.41, 5.74) is 2.28. The van der Waals surface area contributed by atoms with Gasteiger partial charge in [0.15, 0.2) is 11.0 Å². The van der Waals surface area contributed by atoms with Crippen LogP contribution in [0.15, 0.2) is 52.2 Å². The number of carbonyl (C=O) groups is 2. The minimum atomic E-state index is -0.345. The molecule has 1 fully saturated rings. The van der Waals surface area contributed by atoms with Crippen LogP contribution in [0.25, 0.3) is 11.4 Å². The van der Waals surface area contributed by atoms with Crippen LogP contribution in [0.1, 0.15) is 32.1 Å². The van der Waals surface area contributed by atoms with Crippen molar-refractivity contribution in [3.8, 4) is 11.4 Å². The van der Waals surface area contributed by atoms with Gasteiger partial charge in [0.05, 0.1) is 19.4 Å². The summed E-state index contributed by atoms with van der Waals surface area (Å²) in [5, 5.41) is 12.0. The molecule has 3 heterocycles. The first-order valence-electron chi connectivity index (χ1n) is 10.1. The Bertz CT molecular complexity index is 1050. The molecule has 8 nitrogen and oxygen atoms in total. The topological polar surface area (TPSA) is 93.3 Å². The van der Waals surface area contributed by atoms with Gasteiger partial charge in [-0.15, -0.1) is 10.2 Å². The smallest absolute Gasteiger partial charge is 0.324 e. The van der Waals surface area contributed by atoms with Gasteiger partial charge in [-0.25, -0.2) is 4.79 Å². The summed E-state index contributed by atoms with van der Waals surface area (Å²) < 4.78 is 7.54. The van der Waals surface area contributed by atoms with Crippen LogP contribution < -0.4 is 5.32 Å². The lowest BCUT2D eigenvalue weighted by molar-refractivity contribution is -0.124. The lowest BCUT2D eigenvalue weighted by atomic mass is 9.87. The molecule has 4 rings (SSSR count). The number of hydrogen-bond donors (Lipinski definition) is 1. The molecule has 0 aliphatic carbocycles. The van der Waals surface area contributed by atoms with Gasteiger partial charge >= 0.3 is 6.03 Å². The zero-order valence-electron chi connectivity index (χ0n) is 17.8. The molecule has 0 radical (unpaired) electrons. The van der Waals surface area contributed by atoms with Crippen molar-refractivity contribution < 1.29 is 14.0 Å². The maximum atomic E-state index is 11.8. The van der Waals surface area contributed by atoms with Crippen LogP contribution in [-0.2, 0) is 16.8 Å². The third-order valence-corrected chi connectivity index (χ3v) is 6.05. The Morgan fingerprint density at radius 3 is 2.52 bits per heavy atom. The number of thioether (sulfide) groups is 1. The molecule has 31 heavy (non-hydrogen) atoms. The van der Waals surface area contributed by atoms with Crippen molar-refractivity contribution in [2.45, 2.75) is 37.9 Å². The highest BCUT2D eigenvalue weighted by atomic mass is 32.2. The summed E-state index contributed by atoms with van der Waals surface area (Å²) in [7, 11) is 0. The van der Waals surface area contributed by atoms with Gasteiger partial charge in [0, 0.05) is 17.9 Å². The summed E-state index contributed by atoms with van der Waals surface area (Å²) >= 11 is 1.46. The van der Waals surface area contributed by atoms with Crippen LogP contribution in [-0.4, -0.2) is 50.4 Å². The van der Waals surface area contributed by atoms with E-state index in [0.29, 0.717) is 24.0 Å². The number of urea groups is 1. The molecule has 1 aromatic carbocycles. The van der Waals surface area contributed by atoms with Gasteiger partial charge < -0.3 is 9.73 Å². The molecule has 9 heteroatoms. The van der Waals surface area contributed by atoms with Crippen LogP contribution in [0.2, 0.25) is 0 Å². The van der Waals surface area contributed by atoms with E-state index in [1.807, 2.05) is 16.7 Å². The Hall–Kier alpha value is -3.07. The Morgan fingerprint density at radius 1 is 1.13 bits per heavy atom. The van der Waals surface area contributed by atoms with E-state index >= 15 is 0 Å². The zero-order valence-corrected chi connectivity index (χ0v) is 18.6. The second-order valence-corrected chi connectivity index (χ2v) is 9.41. The largest absolute Gasteiger partial charge is 0.467 e. The van der Waals surface area contributed by atoms with Crippen molar-refractivity contribution in [1.82, 2.24) is 25.0 Å². The first kappa shape index (κ1) is 21.2. The number of amides is 3. The Kier molecular flexibility index (Phi) is 5.86. The lowest BCUT2D eigenvalue weighted by Gasteiger charge is -2.19. The number of imide groups is 1. The number of rotatable bonds is 7. The molecule has 1 aliphatic heterocycles. The van der Waals surface area contributed by atoms with Crippen LogP contribution >= 0.6 is 11.8 Å². The van der Waals surface area contributed by atoms with Crippen LogP contribution in [0.3, 0.4) is 0 Å². The fourth-order valence-electron chi connectivity index (χ4n) is 3.34. The minimum Gasteiger partial charge on any atom is -0.467 e. The molecule has 0 saturated carbocycles. The number of carbonyl (C=O) groups excluding carboxylic acids is 2. The van der Waals surface area contributed by atoms with E-state index in [0.717, 1.165) is 17.1 Å². The molecule has 3 amide bonds. The first-order valence-corrected chi connectivity index (χ1v) is 11.1. The predicted octanol–water partition coefficient (Wildman–Crippen LogP) is 3.53. The summed E-state index contributed by atoms with van der Waals surface area (Å²) in [5.74, 6) is 1.86. The van der Waals surface area contributed by atoms with E-state index in [-0.39, 0.29) is 23.9 Å². The number of furan rings is 1. The number of benzene rings is 1. The molecule has 1 aliphatic rings. The molecule has 1 saturated heterocycles. The van der Waals surface area contributed by atoms with Gasteiger partial charge in [-0.05, 0) is 23.1 Å². The highest BCUT2D eigenvalue weighted by Gasteiger charge is 2.28. The van der Waals surface area contributed by atoms with E-state index < -0.39 is 0 Å². The molecule has 0 bridgehead atoms. The van der Waals surface area contributed by atoms with Crippen molar-refractivity contribution in [2.24, 2.45) is 0 Å². The maximum absolute atomic E-state index is 11.8. The molecule has 0 atom stereocenters. The van der Waals surface area contributed by atoms with Crippen molar-refractivity contribution in [3.63, 3.8) is 0 Å². The fourth-order valence-corrected chi connectivity index (χ4v) is 4.20. The summed E-state index contributed by atoms with van der Waals surface area (Å²) in [6, 6.07) is 11.8. The number of nitrogens with zero attached hydrogens (tertiary/aromatic N) is 4. The number of hydrogen-bond acceptors (Lipinski definition) is 6. The van der Waals surface area contributed by atoms with Crippen molar-refractivity contribution in [3.05, 3.63) is 54.0 Å². The first-order chi connectivity index (χ1) is 14.8. The molecule has 2 aromatic heterocycles. The summed E-state index contributed by atoms with van der Waals surface area (Å²) in [6.07, 6.45) is 1.64. The fraction of sp³-hybridized carbons (Fsp3) is 0.364. The highest BCUT2D eigenvalue weighted by molar-refractivity contribution is 7.99. The Labute approximate surface area is 185 Å². The average molecular weight is 440 g/mol. The summed E-state index contributed by atoms with van der Waals surface area (Å²) in [4.78, 5) is 24.7. The molecule has 3 aromatic rings. The van der Waals surface area contributed by atoms with Crippen LogP contribution in [0.4, 0.5) is 4.79 Å². The molecule has 1 N–H and O–H groups in total. The Morgan fingerprint density at radius 2 is 1.90 bits per heavy atom.